The second kappa shape index (κ2) is 7.73. The summed E-state index contributed by atoms with van der Waals surface area (Å²) < 4.78 is 0.739. The smallest absolute Gasteiger partial charge is 0.258 e. The van der Waals surface area contributed by atoms with Gasteiger partial charge < -0.3 is 20.6 Å². The highest BCUT2D eigenvalue weighted by Crippen LogP contribution is 2.35. The Balaban J connectivity index is 1.96. The van der Waals surface area contributed by atoms with E-state index in [1.165, 1.54) is 25.3 Å². The van der Waals surface area contributed by atoms with Crippen LogP contribution >= 0.6 is 15.9 Å². The molecule has 28 heavy (non-hydrogen) atoms. The Hall–Kier alpha value is -3.33. The molecule has 0 saturated carbocycles. The van der Waals surface area contributed by atoms with Crippen LogP contribution in [0.2, 0.25) is 0 Å². The fraction of sp³-hybridized carbons (Fsp3) is 0.105. The molecule has 0 radical (unpaired) electrons. The van der Waals surface area contributed by atoms with Gasteiger partial charge in [-0.25, -0.2) is 0 Å². The van der Waals surface area contributed by atoms with Crippen LogP contribution in [-0.2, 0) is 11.3 Å². The summed E-state index contributed by atoms with van der Waals surface area (Å²) >= 11 is 3.34. The molecule has 5 N–H and O–H groups in total. The molecular weight excluding hydrogens is 430 g/mol. The number of hydrogen-bond donors (Lipinski definition) is 5. The van der Waals surface area contributed by atoms with E-state index in [9.17, 15) is 24.9 Å². The lowest BCUT2D eigenvalue weighted by atomic mass is 10.1. The minimum Gasteiger partial charge on any atom is -0.504 e. The third-order valence-corrected chi connectivity index (χ3v) is 4.45. The summed E-state index contributed by atoms with van der Waals surface area (Å²) in [6.07, 6.45) is 1.40. The number of aromatic amines is 1. The van der Waals surface area contributed by atoms with Crippen molar-refractivity contribution in [3.8, 4) is 17.4 Å². The zero-order valence-electron chi connectivity index (χ0n) is 14.7. The highest BCUT2D eigenvalue weighted by atomic mass is 79.9. The average Bonchev–Trinajstić information content (AvgIpc) is 2.61. The van der Waals surface area contributed by atoms with Crippen LogP contribution in [-0.4, -0.2) is 32.4 Å². The molecule has 0 aliphatic carbocycles. The summed E-state index contributed by atoms with van der Waals surface area (Å²) in [7, 11) is 0. The number of pyridine rings is 1. The average molecular weight is 446 g/mol. The molecule has 0 atom stereocenters. The summed E-state index contributed by atoms with van der Waals surface area (Å²) in [6, 6.07) is 7.85. The molecule has 0 bridgehead atoms. The van der Waals surface area contributed by atoms with Gasteiger partial charge in [0.2, 0.25) is 11.8 Å². The lowest BCUT2D eigenvalue weighted by molar-refractivity contribution is -0.114. The van der Waals surface area contributed by atoms with E-state index in [4.69, 9.17) is 0 Å². The first-order valence-corrected chi connectivity index (χ1v) is 8.92. The van der Waals surface area contributed by atoms with Crippen LogP contribution in [0.15, 0.2) is 44.6 Å². The van der Waals surface area contributed by atoms with E-state index < -0.39 is 23.0 Å². The summed E-state index contributed by atoms with van der Waals surface area (Å²) in [5, 5.41) is 33.1. The number of benzene rings is 2. The number of aliphatic imine (C=N–C) groups is 1. The number of nitrogens with zero attached hydrogens (tertiary/aromatic N) is 1. The van der Waals surface area contributed by atoms with Crippen LogP contribution in [0.3, 0.4) is 0 Å². The number of anilines is 1. The van der Waals surface area contributed by atoms with Gasteiger partial charge in [-0.1, -0.05) is 15.9 Å². The minimum atomic E-state index is -0.433. The number of hydrogen-bond acceptors (Lipinski definition) is 6. The monoisotopic (exact) mass is 445 g/mol. The van der Waals surface area contributed by atoms with Crippen molar-refractivity contribution in [2.75, 3.05) is 5.32 Å². The van der Waals surface area contributed by atoms with Crippen molar-refractivity contribution >= 4 is 44.5 Å². The Morgan fingerprint density at radius 1 is 1.21 bits per heavy atom. The summed E-state index contributed by atoms with van der Waals surface area (Å²) in [5.74, 6) is -1.54. The number of carbonyl (C=O) groups excluding carboxylic acids is 1. The van der Waals surface area contributed by atoms with E-state index in [-0.39, 0.29) is 18.1 Å². The number of aromatic nitrogens is 1. The molecule has 2 aromatic carbocycles. The van der Waals surface area contributed by atoms with Gasteiger partial charge in [-0.15, -0.1) is 0 Å². The Morgan fingerprint density at radius 3 is 2.68 bits per heavy atom. The molecular formula is C19H16BrN3O5. The molecule has 9 heteroatoms. The fourth-order valence-corrected chi connectivity index (χ4v) is 3.09. The standard InChI is InChI=1S/C19H16BrN3O5/c1-9(24)22-15-4-10(5-16(25)17(15)26)7-21-8-14-13-6-11(20)2-3-12(13)18(27)23-19(14)28/h2-6,8,25-26H,7H2,1H3,(H,22,24)(H2,23,27,28). The minimum absolute atomic E-state index is 0.0685. The number of rotatable bonds is 4. The van der Waals surface area contributed by atoms with Gasteiger partial charge in [0.05, 0.1) is 17.8 Å². The number of H-pyrrole nitrogens is 1. The molecule has 8 nitrogen and oxygen atoms in total. The largest absolute Gasteiger partial charge is 0.504 e. The number of amides is 1. The number of aromatic hydroxyl groups is 3. The van der Waals surface area contributed by atoms with Crippen molar-refractivity contribution in [1.82, 2.24) is 4.98 Å². The molecule has 1 aromatic heterocycles. The van der Waals surface area contributed by atoms with Crippen molar-refractivity contribution in [2.24, 2.45) is 4.99 Å². The quantitative estimate of drug-likeness (QED) is 0.310. The van der Waals surface area contributed by atoms with Crippen LogP contribution < -0.4 is 10.9 Å². The number of fused-ring (bicyclic) bond motifs is 1. The molecule has 144 valence electrons. The lowest BCUT2D eigenvalue weighted by Gasteiger charge is -2.09. The van der Waals surface area contributed by atoms with E-state index in [0.29, 0.717) is 21.9 Å². The third kappa shape index (κ3) is 3.99. The fourth-order valence-electron chi connectivity index (χ4n) is 2.73. The first-order chi connectivity index (χ1) is 13.3. The van der Waals surface area contributed by atoms with Crippen LogP contribution in [0.1, 0.15) is 18.1 Å². The van der Waals surface area contributed by atoms with Gasteiger partial charge in [0.15, 0.2) is 11.5 Å². The lowest BCUT2D eigenvalue weighted by Crippen LogP contribution is -2.08. The highest BCUT2D eigenvalue weighted by Gasteiger charge is 2.12. The second-order valence-corrected chi connectivity index (χ2v) is 6.98. The number of phenolic OH excluding ortho intramolecular Hbond substituents is 2. The molecule has 0 aliphatic heterocycles. The third-order valence-electron chi connectivity index (χ3n) is 3.96. The molecule has 0 spiro atoms. The zero-order chi connectivity index (χ0) is 20.4. The van der Waals surface area contributed by atoms with Gasteiger partial charge in [-0.3, -0.25) is 19.6 Å². The zero-order valence-corrected chi connectivity index (χ0v) is 16.2. The number of nitrogens with one attached hydrogen (secondary N) is 2. The van der Waals surface area contributed by atoms with Crippen LogP contribution in [0.4, 0.5) is 5.69 Å². The van der Waals surface area contributed by atoms with Crippen LogP contribution in [0.5, 0.6) is 17.4 Å². The maximum Gasteiger partial charge on any atom is 0.258 e. The van der Waals surface area contributed by atoms with E-state index in [1.807, 2.05) is 0 Å². The van der Waals surface area contributed by atoms with E-state index in [2.05, 4.69) is 31.2 Å². The van der Waals surface area contributed by atoms with Crippen molar-refractivity contribution in [3.05, 3.63) is 56.3 Å². The number of phenols is 2. The SMILES string of the molecule is CC(=O)Nc1cc(CN=Cc2c(O)[nH]c(=O)c3ccc(Br)cc23)cc(O)c1O. The van der Waals surface area contributed by atoms with Crippen molar-refractivity contribution < 1.29 is 20.1 Å². The topological polar surface area (TPSA) is 135 Å². The molecule has 0 fully saturated rings. The predicted molar refractivity (Wildman–Crippen MR) is 109 cm³/mol. The first-order valence-electron chi connectivity index (χ1n) is 8.13. The van der Waals surface area contributed by atoms with Crippen molar-refractivity contribution in [3.63, 3.8) is 0 Å². The van der Waals surface area contributed by atoms with E-state index in [1.54, 1.807) is 18.2 Å². The predicted octanol–water partition coefficient (Wildman–Crippen LogP) is 2.98. The second-order valence-electron chi connectivity index (χ2n) is 6.07. The summed E-state index contributed by atoms with van der Waals surface area (Å²) in [4.78, 5) is 29.8. The molecule has 0 aliphatic rings. The Morgan fingerprint density at radius 2 is 1.96 bits per heavy atom. The van der Waals surface area contributed by atoms with Crippen molar-refractivity contribution in [1.29, 1.82) is 0 Å². The molecule has 1 heterocycles. The first kappa shape index (κ1) is 19.4. The van der Waals surface area contributed by atoms with Gasteiger partial charge in [0.1, 0.15) is 0 Å². The van der Waals surface area contributed by atoms with Crippen molar-refractivity contribution in [2.45, 2.75) is 13.5 Å². The molecule has 1 amide bonds. The number of halogens is 1. The van der Waals surface area contributed by atoms with Gasteiger partial charge in [0.25, 0.3) is 5.56 Å². The highest BCUT2D eigenvalue weighted by molar-refractivity contribution is 9.10. The number of carbonyl (C=O) groups is 1. The summed E-state index contributed by atoms with van der Waals surface area (Å²) in [5.41, 5.74) is 0.505. The van der Waals surface area contributed by atoms with E-state index in [0.717, 1.165) is 4.47 Å². The van der Waals surface area contributed by atoms with Crippen LogP contribution in [0.25, 0.3) is 10.8 Å². The normalized spacial score (nSPS) is 11.2. The van der Waals surface area contributed by atoms with Gasteiger partial charge in [-0.05, 0) is 35.9 Å². The molecule has 0 unspecified atom stereocenters. The van der Waals surface area contributed by atoms with Gasteiger partial charge in [-0.2, -0.15) is 0 Å². The summed E-state index contributed by atoms with van der Waals surface area (Å²) in [6.45, 7) is 1.37. The van der Waals surface area contributed by atoms with Gasteiger partial charge >= 0.3 is 0 Å². The Bertz CT molecular complexity index is 1170. The maximum absolute atomic E-state index is 12.0. The maximum atomic E-state index is 12.0. The van der Waals surface area contributed by atoms with E-state index >= 15 is 0 Å². The Kier molecular flexibility index (Phi) is 5.36. The molecule has 0 saturated heterocycles. The van der Waals surface area contributed by atoms with Crippen LogP contribution in [0, 0.1) is 0 Å². The molecule has 3 rings (SSSR count). The molecule has 3 aromatic rings. The van der Waals surface area contributed by atoms with Gasteiger partial charge in [0, 0.05) is 28.4 Å². The Labute approximate surface area is 167 Å².